The predicted molar refractivity (Wildman–Crippen MR) is 76.3 cm³/mol. The van der Waals surface area contributed by atoms with E-state index in [1.807, 2.05) is 24.3 Å². The first-order valence-electron chi connectivity index (χ1n) is 6.29. The van der Waals surface area contributed by atoms with Crippen LogP contribution >= 0.6 is 11.9 Å². The number of hydrogen-bond acceptors (Lipinski definition) is 4. The molecule has 1 aliphatic heterocycles. The molecule has 1 aliphatic rings. The average molecular weight is 259 g/mol. The van der Waals surface area contributed by atoms with Gasteiger partial charge in [0.05, 0.1) is 6.67 Å². The zero-order valence-corrected chi connectivity index (χ0v) is 11.3. The van der Waals surface area contributed by atoms with Crippen molar-refractivity contribution in [3.05, 3.63) is 36.7 Å². The van der Waals surface area contributed by atoms with Gasteiger partial charge in [0, 0.05) is 35.8 Å². The molecule has 1 aromatic heterocycles. The van der Waals surface area contributed by atoms with Crippen LogP contribution < -0.4 is 5.32 Å². The van der Waals surface area contributed by atoms with Gasteiger partial charge in [-0.1, -0.05) is 19.1 Å². The minimum absolute atomic E-state index is 0.711. The summed E-state index contributed by atoms with van der Waals surface area (Å²) in [6.45, 7) is 5.50. The van der Waals surface area contributed by atoms with E-state index in [1.54, 1.807) is 0 Å². The SMILES string of the molecule is CC1CNCN(Sc2cccc3cnccc23)C1. The van der Waals surface area contributed by atoms with E-state index >= 15 is 0 Å². The van der Waals surface area contributed by atoms with E-state index < -0.39 is 0 Å². The molecule has 0 saturated carbocycles. The molecule has 1 aromatic carbocycles. The molecule has 0 aliphatic carbocycles. The molecule has 18 heavy (non-hydrogen) atoms. The van der Waals surface area contributed by atoms with Gasteiger partial charge in [-0.3, -0.25) is 4.98 Å². The molecule has 3 nitrogen and oxygen atoms in total. The Labute approximate surface area is 112 Å². The van der Waals surface area contributed by atoms with E-state index in [1.165, 1.54) is 15.7 Å². The maximum atomic E-state index is 4.18. The highest BCUT2D eigenvalue weighted by atomic mass is 32.2. The summed E-state index contributed by atoms with van der Waals surface area (Å²) < 4.78 is 2.39. The molecule has 2 aromatic rings. The van der Waals surface area contributed by atoms with Crippen LogP contribution in [0.3, 0.4) is 0 Å². The van der Waals surface area contributed by atoms with Crippen LogP contribution in [0.1, 0.15) is 6.92 Å². The van der Waals surface area contributed by atoms with Gasteiger partial charge in [0.25, 0.3) is 0 Å². The molecule has 1 saturated heterocycles. The van der Waals surface area contributed by atoms with Crippen LogP contribution in [0, 0.1) is 5.92 Å². The van der Waals surface area contributed by atoms with E-state index in [9.17, 15) is 0 Å². The number of nitrogens with zero attached hydrogens (tertiary/aromatic N) is 2. The quantitative estimate of drug-likeness (QED) is 0.839. The molecule has 1 atom stereocenters. The zero-order chi connectivity index (χ0) is 12.4. The molecular formula is C14H17N3S. The van der Waals surface area contributed by atoms with Crippen molar-refractivity contribution in [3.8, 4) is 0 Å². The van der Waals surface area contributed by atoms with Gasteiger partial charge in [-0.25, -0.2) is 4.31 Å². The number of hydrogen-bond donors (Lipinski definition) is 1. The fourth-order valence-corrected chi connectivity index (χ4v) is 3.48. The maximum absolute atomic E-state index is 4.18. The zero-order valence-electron chi connectivity index (χ0n) is 10.5. The Bertz CT molecular complexity index is 538. The summed E-state index contributed by atoms with van der Waals surface area (Å²) in [5.41, 5.74) is 0. The van der Waals surface area contributed by atoms with E-state index in [0.717, 1.165) is 19.8 Å². The van der Waals surface area contributed by atoms with Crippen molar-refractivity contribution in [1.29, 1.82) is 0 Å². The fourth-order valence-electron chi connectivity index (χ4n) is 2.29. The first kappa shape index (κ1) is 12.0. The molecule has 2 heterocycles. The second-order valence-electron chi connectivity index (χ2n) is 4.83. The first-order valence-corrected chi connectivity index (χ1v) is 7.06. The summed E-state index contributed by atoms with van der Waals surface area (Å²) in [4.78, 5) is 5.49. The van der Waals surface area contributed by atoms with E-state index in [2.05, 4.69) is 45.8 Å². The Hall–Kier alpha value is -1.10. The van der Waals surface area contributed by atoms with Crippen molar-refractivity contribution in [3.63, 3.8) is 0 Å². The number of aromatic nitrogens is 1. The van der Waals surface area contributed by atoms with Crippen molar-refractivity contribution in [2.75, 3.05) is 19.8 Å². The van der Waals surface area contributed by atoms with Crippen LogP contribution in [0.15, 0.2) is 41.6 Å². The lowest BCUT2D eigenvalue weighted by Gasteiger charge is -2.30. The standard InChI is InChI=1S/C14H17N3S/c1-11-7-16-10-17(9-11)18-14-4-2-3-12-8-15-6-5-13(12)14/h2-6,8,11,16H,7,9-10H2,1H3. The first-order chi connectivity index (χ1) is 8.83. The van der Waals surface area contributed by atoms with Crippen molar-refractivity contribution >= 4 is 22.7 Å². The highest BCUT2D eigenvalue weighted by Gasteiger charge is 2.17. The van der Waals surface area contributed by atoms with Crippen LogP contribution in [-0.4, -0.2) is 29.0 Å². The van der Waals surface area contributed by atoms with Gasteiger partial charge in [0.15, 0.2) is 0 Å². The Morgan fingerprint density at radius 3 is 3.22 bits per heavy atom. The predicted octanol–water partition coefficient (Wildman–Crippen LogP) is 2.74. The van der Waals surface area contributed by atoms with Crippen LogP contribution in [0.2, 0.25) is 0 Å². The summed E-state index contributed by atoms with van der Waals surface area (Å²) >= 11 is 1.84. The summed E-state index contributed by atoms with van der Waals surface area (Å²) in [7, 11) is 0. The van der Waals surface area contributed by atoms with Crippen molar-refractivity contribution < 1.29 is 0 Å². The minimum Gasteiger partial charge on any atom is -0.303 e. The van der Waals surface area contributed by atoms with Gasteiger partial charge >= 0.3 is 0 Å². The number of pyridine rings is 1. The molecule has 1 unspecified atom stereocenters. The Balaban J connectivity index is 1.86. The third kappa shape index (κ3) is 2.51. The molecule has 1 fully saturated rings. The van der Waals surface area contributed by atoms with E-state index in [0.29, 0.717) is 5.92 Å². The average Bonchev–Trinajstić information content (AvgIpc) is 2.39. The lowest BCUT2D eigenvalue weighted by atomic mass is 10.1. The molecule has 0 bridgehead atoms. The van der Waals surface area contributed by atoms with Gasteiger partial charge in [-0.2, -0.15) is 0 Å². The van der Waals surface area contributed by atoms with Crippen molar-refractivity contribution in [2.45, 2.75) is 11.8 Å². The second kappa shape index (κ2) is 5.26. The lowest BCUT2D eigenvalue weighted by Crippen LogP contribution is -2.42. The number of nitrogens with one attached hydrogen (secondary N) is 1. The third-order valence-corrected chi connectivity index (χ3v) is 4.25. The van der Waals surface area contributed by atoms with Crippen molar-refractivity contribution in [2.24, 2.45) is 5.92 Å². The van der Waals surface area contributed by atoms with Gasteiger partial charge < -0.3 is 5.32 Å². The molecule has 3 rings (SSSR count). The number of fused-ring (bicyclic) bond motifs is 1. The molecule has 0 amide bonds. The van der Waals surface area contributed by atoms with E-state index in [4.69, 9.17) is 0 Å². The maximum Gasteiger partial charge on any atom is 0.0584 e. The van der Waals surface area contributed by atoms with Crippen LogP contribution in [-0.2, 0) is 0 Å². The molecule has 0 spiro atoms. The minimum atomic E-state index is 0.711. The van der Waals surface area contributed by atoms with Crippen molar-refractivity contribution in [1.82, 2.24) is 14.6 Å². The Kier molecular flexibility index (Phi) is 3.50. The molecule has 94 valence electrons. The lowest BCUT2D eigenvalue weighted by molar-refractivity contribution is 0.292. The van der Waals surface area contributed by atoms with Crippen LogP contribution in [0.25, 0.3) is 10.8 Å². The van der Waals surface area contributed by atoms with Gasteiger partial charge in [-0.15, -0.1) is 0 Å². The third-order valence-electron chi connectivity index (χ3n) is 3.16. The second-order valence-corrected chi connectivity index (χ2v) is 5.96. The summed E-state index contributed by atoms with van der Waals surface area (Å²) in [5, 5.41) is 5.94. The Morgan fingerprint density at radius 1 is 1.39 bits per heavy atom. The van der Waals surface area contributed by atoms with Crippen LogP contribution in [0.5, 0.6) is 0 Å². The molecule has 1 N–H and O–H groups in total. The van der Waals surface area contributed by atoms with Gasteiger partial charge in [0.2, 0.25) is 0 Å². The van der Waals surface area contributed by atoms with E-state index in [-0.39, 0.29) is 0 Å². The monoisotopic (exact) mass is 259 g/mol. The number of benzene rings is 1. The largest absolute Gasteiger partial charge is 0.303 e. The summed E-state index contributed by atoms with van der Waals surface area (Å²) in [5.74, 6) is 0.711. The summed E-state index contributed by atoms with van der Waals surface area (Å²) in [6.07, 6.45) is 3.79. The molecular weight excluding hydrogens is 242 g/mol. The van der Waals surface area contributed by atoms with Crippen LogP contribution in [0.4, 0.5) is 0 Å². The summed E-state index contributed by atoms with van der Waals surface area (Å²) in [6, 6.07) is 8.50. The van der Waals surface area contributed by atoms with Gasteiger partial charge in [0.1, 0.15) is 0 Å². The smallest absolute Gasteiger partial charge is 0.0584 e. The van der Waals surface area contributed by atoms with Gasteiger partial charge in [-0.05, 0) is 35.4 Å². The molecule has 4 heteroatoms. The topological polar surface area (TPSA) is 28.2 Å². The normalized spacial score (nSPS) is 21.3. The number of rotatable bonds is 2. The highest BCUT2D eigenvalue weighted by Crippen LogP contribution is 2.30. The highest BCUT2D eigenvalue weighted by molar-refractivity contribution is 7.97. The molecule has 0 radical (unpaired) electrons. The Morgan fingerprint density at radius 2 is 2.33 bits per heavy atom. The fraction of sp³-hybridized carbons (Fsp3) is 0.357.